The van der Waals surface area contributed by atoms with E-state index in [0.29, 0.717) is 18.8 Å². The Morgan fingerprint density at radius 1 is 1.60 bits per heavy atom. The van der Waals surface area contributed by atoms with Gasteiger partial charge in [0.2, 0.25) is 0 Å². The van der Waals surface area contributed by atoms with E-state index in [1.807, 2.05) is 6.92 Å². The minimum absolute atomic E-state index is 0. The van der Waals surface area contributed by atoms with Gasteiger partial charge in [0.05, 0.1) is 6.10 Å². The van der Waals surface area contributed by atoms with Crippen LogP contribution in [0.15, 0.2) is 0 Å². The van der Waals surface area contributed by atoms with Gasteiger partial charge in [0, 0.05) is 45.6 Å². The van der Waals surface area contributed by atoms with Crippen molar-refractivity contribution in [1.82, 2.24) is 0 Å². The van der Waals surface area contributed by atoms with Crippen LogP contribution in [0.4, 0.5) is 0 Å². The molecule has 0 amide bonds. The van der Waals surface area contributed by atoms with Crippen molar-refractivity contribution in [3.8, 4) is 0 Å². The summed E-state index contributed by atoms with van der Waals surface area (Å²) in [5.41, 5.74) is 0. The standard InChI is InChI=1S/C7H12O2.Y/c1-5-2-3-6(8)4-7(5)9;/h5,7,9H,2-4H2,1H3;. The Balaban J connectivity index is 0.000000810. The molecule has 0 spiro atoms. The Morgan fingerprint density at radius 2 is 2.20 bits per heavy atom. The molecule has 0 aromatic rings. The van der Waals surface area contributed by atoms with Gasteiger partial charge >= 0.3 is 0 Å². The van der Waals surface area contributed by atoms with Crippen LogP contribution < -0.4 is 0 Å². The predicted octanol–water partition coefficient (Wildman–Crippen LogP) is 0.734. The zero-order valence-corrected chi connectivity index (χ0v) is 9.05. The fourth-order valence-electron chi connectivity index (χ4n) is 1.12. The fraction of sp³-hybridized carbons (Fsp3) is 0.857. The Hall–Kier alpha value is 0.734. The van der Waals surface area contributed by atoms with Crippen molar-refractivity contribution < 1.29 is 42.6 Å². The molecule has 1 radical (unpaired) electrons. The zero-order valence-electron chi connectivity index (χ0n) is 6.21. The van der Waals surface area contributed by atoms with Crippen molar-refractivity contribution in [3.63, 3.8) is 0 Å². The van der Waals surface area contributed by atoms with Gasteiger partial charge in [-0.2, -0.15) is 0 Å². The number of hydrogen-bond donors (Lipinski definition) is 1. The van der Waals surface area contributed by atoms with E-state index < -0.39 is 0 Å². The minimum atomic E-state index is -0.369. The molecular weight excluding hydrogens is 205 g/mol. The normalized spacial score (nSPS) is 33.2. The molecule has 2 nitrogen and oxygen atoms in total. The van der Waals surface area contributed by atoms with Crippen LogP contribution in [-0.2, 0) is 37.5 Å². The number of rotatable bonds is 0. The number of carbonyl (C=O) groups is 1. The fourth-order valence-corrected chi connectivity index (χ4v) is 1.12. The van der Waals surface area contributed by atoms with Gasteiger partial charge in [-0.3, -0.25) is 4.79 Å². The topological polar surface area (TPSA) is 37.3 Å². The Morgan fingerprint density at radius 3 is 2.60 bits per heavy atom. The summed E-state index contributed by atoms with van der Waals surface area (Å²) in [4.78, 5) is 10.7. The van der Waals surface area contributed by atoms with Gasteiger partial charge in [0.1, 0.15) is 5.78 Å². The SMILES string of the molecule is CC1CCC(=O)CC1O.[Y]. The van der Waals surface area contributed by atoms with Crippen molar-refractivity contribution in [3.05, 3.63) is 0 Å². The van der Waals surface area contributed by atoms with E-state index in [4.69, 9.17) is 5.11 Å². The molecule has 10 heavy (non-hydrogen) atoms. The summed E-state index contributed by atoms with van der Waals surface area (Å²) in [6.07, 6.45) is 1.53. The van der Waals surface area contributed by atoms with E-state index in [1.165, 1.54) is 0 Å². The molecule has 1 rings (SSSR count). The van der Waals surface area contributed by atoms with Gasteiger partial charge < -0.3 is 5.11 Å². The van der Waals surface area contributed by atoms with E-state index in [-0.39, 0.29) is 44.6 Å². The molecule has 0 bridgehead atoms. The Labute approximate surface area is 86.3 Å². The molecule has 55 valence electrons. The first-order chi connectivity index (χ1) is 4.20. The maximum Gasteiger partial charge on any atom is 0.135 e. The molecule has 0 aromatic heterocycles. The molecule has 1 aliphatic carbocycles. The van der Waals surface area contributed by atoms with Crippen molar-refractivity contribution >= 4 is 5.78 Å². The minimum Gasteiger partial charge on any atom is -0.392 e. The predicted molar refractivity (Wildman–Crippen MR) is 34.0 cm³/mol. The van der Waals surface area contributed by atoms with Crippen LogP contribution in [0.1, 0.15) is 26.2 Å². The van der Waals surface area contributed by atoms with Gasteiger partial charge in [0.15, 0.2) is 0 Å². The first kappa shape index (κ1) is 10.7. The first-order valence-corrected chi connectivity index (χ1v) is 3.40. The van der Waals surface area contributed by atoms with E-state index in [2.05, 4.69) is 0 Å². The van der Waals surface area contributed by atoms with E-state index >= 15 is 0 Å². The van der Waals surface area contributed by atoms with Gasteiger partial charge in [-0.15, -0.1) is 0 Å². The van der Waals surface area contributed by atoms with E-state index in [1.54, 1.807) is 0 Å². The third-order valence-corrected chi connectivity index (χ3v) is 1.97. The summed E-state index contributed by atoms with van der Waals surface area (Å²) in [7, 11) is 0. The molecule has 2 atom stereocenters. The quantitative estimate of drug-likeness (QED) is 0.649. The second-order valence-electron chi connectivity index (χ2n) is 2.83. The van der Waals surface area contributed by atoms with Crippen LogP contribution >= 0.6 is 0 Å². The Bertz CT molecular complexity index is 125. The molecule has 2 unspecified atom stereocenters. The van der Waals surface area contributed by atoms with Crippen LogP contribution in [0.5, 0.6) is 0 Å². The van der Waals surface area contributed by atoms with Crippen LogP contribution in [0.3, 0.4) is 0 Å². The maximum atomic E-state index is 10.7. The molecule has 0 aliphatic heterocycles. The van der Waals surface area contributed by atoms with Crippen molar-refractivity contribution in [1.29, 1.82) is 0 Å². The number of aliphatic hydroxyl groups is 1. The summed E-state index contributed by atoms with van der Waals surface area (Å²) >= 11 is 0. The van der Waals surface area contributed by atoms with Crippen LogP contribution in [0.25, 0.3) is 0 Å². The third-order valence-electron chi connectivity index (χ3n) is 1.97. The van der Waals surface area contributed by atoms with Gasteiger partial charge in [0.25, 0.3) is 0 Å². The summed E-state index contributed by atoms with van der Waals surface area (Å²) in [5.74, 6) is 0.531. The number of aliphatic hydroxyl groups excluding tert-OH is 1. The van der Waals surface area contributed by atoms with Crippen molar-refractivity contribution in [2.24, 2.45) is 5.92 Å². The second-order valence-corrected chi connectivity index (χ2v) is 2.83. The van der Waals surface area contributed by atoms with Crippen LogP contribution in [-0.4, -0.2) is 17.0 Å². The third kappa shape index (κ3) is 2.77. The zero-order chi connectivity index (χ0) is 6.85. The molecule has 3 heteroatoms. The van der Waals surface area contributed by atoms with Crippen molar-refractivity contribution in [2.75, 3.05) is 0 Å². The van der Waals surface area contributed by atoms with E-state index in [9.17, 15) is 4.79 Å². The smallest absolute Gasteiger partial charge is 0.135 e. The maximum absolute atomic E-state index is 10.7. The molecule has 0 saturated heterocycles. The molecule has 1 saturated carbocycles. The monoisotopic (exact) mass is 217 g/mol. The number of carbonyl (C=O) groups excluding carboxylic acids is 1. The second kappa shape index (κ2) is 4.58. The summed E-state index contributed by atoms with van der Waals surface area (Å²) in [6, 6.07) is 0. The molecule has 1 aliphatic rings. The van der Waals surface area contributed by atoms with Gasteiger partial charge in [-0.25, -0.2) is 0 Å². The molecule has 1 fully saturated rings. The van der Waals surface area contributed by atoms with Crippen LogP contribution in [0, 0.1) is 5.92 Å². The average Bonchev–Trinajstić information content (AvgIpc) is 1.80. The summed E-state index contributed by atoms with van der Waals surface area (Å²) < 4.78 is 0. The van der Waals surface area contributed by atoms with E-state index in [0.717, 1.165) is 6.42 Å². The summed E-state index contributed by atoms with van der Waals surface area (Å²) in [6.45, 7) is 1.98. The Kier molecular flexibility index (Phi) is 4.92. The summed E-state index contributed by atoms with van der Waals surface area (Å²) in [5, 5.41) is 9.13. The number of ketones is 1. The molecule has 1 N–H and O–H groups in total. The largest absolute Gasteiger partial charge is 0.392 e. The molecule has 0 heterocycles. The number of Topliss-reactive ketones (excluding diaryl/α,β-unsaturated/α-hetero) is 1. The van der Waals surface area contributed by atoms with Crippen molar-refractivity contribution in [2.45, 2.75) is 32.3 Å². The molecular formula is C7H12O2Y. The first-order valence-electron chi connectivity index (χ1n) is 3.40. The average molecular weight is 217 g/mol. The van der Waals surface area contributed by atoms with Gasteiger partial charge in [-0.1, -0.05) is 6.92 Å². The number of hydrogen-bond acceptors (Lipinski definition) is 2. The van der Waals surface area contributed by atoms with Gasteiger partial charge in [-0.05, 0) is 12.3 Å². The van der Waals surface area contributed by atoms with Crippen LogP contribution in [0.2, 0.25) is 0 Å². The molecule has 0 aromatic carbocycles.